The van der Waals surface area contributed by atoms with E-state index in [-0.39, 0.29) is 24.4 Å². The minimum Gasteiger partial charge on any atom is -0.466 e. The Morgan fingerprint density at radius 2 is 2.22 bits per heavy atom. The number of benzene rings is 1. The van der Waals surface area contributed by atoms with Crippen LogP contribution >= 0.6 is 15.9 Å². The Balaban J connectivity index is 2.18. The number of amides is 2. The number of hydrogen-bond acceptors (Lipinski definition) is 5. The number of morpholine rings is 1. The molecular formula is C15H13BrN2O5. The van der Waals surface area contributed by atoms with Gasteiger partial charge < -0.3 is 14.8 Å². The molecule has 8 heteroatoms. The first-order chi connectivity index (χ1) is 11.0. The number of ether oxygens (including phenoxy) is 2. The summed E-state index contributed by atoms with van der Waals surface area (Å²) in [6, 6.07) is 5.87. The molecule has 0 saturated carbocycles. The number of methoxy groups -OCH3 is 1. The first-order valence-electron chi connectivity index (χ1n) is 6.86. The van der Waals surface area contributed by atoms with Crippen LogP contribution in [0.25, 0.3) is 0 Å². The van der Waals surface area contributed by atoms with Crippen molar-refractivity contribution in [2.24, 2.45) is 0 Å². The molecule has 0 bridgehead atoms. The van der Waals surface area contributed by atoms with E-state index in [9.17, 15) is 14.4 Å². The van der Waals surface area contributed by atoms with Crippen LogP contribution < -0.4 is 5.32 Å². The lowest BCUT2D eigenvalue weighted by molar-refractivity contribution is -0.146. The molecule has 3 rings (SSSR count). The van der Waals surface area contributed by atoms with Gasteiger partial charge in [0, 0.05) is 4.47 Å². The molecule has 1 saturated heterocycles. The molecule has 2 aliphatic heterocycles. The van der Waals surface area contributed by atoms with E-state index in [4.69, 9.17) is 9.47 Å². The fourth-order valence-electron chi connectivity index (χ4n) is 2.65. The molecule has 1 fully saturated rings. The van der Waals surface area contributed by atoms with E-state index in [0.29, 0.717) is 5.56 Å². The highest BCUT2D eigenvalue weighted by Gasteiger charge is 2.43. The highest BCUT2D eigenvalue weighted by molar-refractivity contribution is 9.10. The third-order valence-corrected chi connectivity index (χ3v) is 4.15. The fraction of sp³-hybridized carbons (Fsp3) is 0.267. The van der Waals surface area contributed by atoms with Gasteiger partial charge in [0.15, 0.2) is 0 Å². The number of carbonyl (C=O) groups excluding carboxylic acids is 3. The normalized spacial score (nSPS) is 20.6. The van der Waals surface area contributed by atoms with E-state index in [1.165, 1.54) is 12.0 Å². The number of hydrogen-bond donors (Lipinski definition) is 1. The molecule has 7 nitrogen and oxygen atoms in total. The van der Waals surface area contributed by atoms with Gasteiger partial charge in [-0.2, -0.15) is 0 Å². The van der Waals surface area contributed by atoms with Gasteiger partial charge in [-0.15, -0.1) is 0 Å². The van der Waals surface area contributed by atoms with Crippen molar-refractivity contribution in [2.45, 2.75) is 6.04 Å². The molecule has 2 amide bonds. The minimum absolute atomic E-state index is 0.0585. The summed E-state index contributed by atoms with van der Waals surface area (Å²) in [6.45, 7) is 0.282. The third-order valence-electron chi connectivity index (χ3n) is 3.66. The molecule has 0 spiro atoms. The second kappa shape index (κ2) is 6.04. The van der Waals surface area contributed by atoms with Crippen molar-refractivity contribution in [3.8, 4) is 0 Å². The summed E-state index contributed by atoms with van der Waals surface area (Å²) in [4.78, 5) is 37.9. The van der Waals surface area contributed by atoms with Crippen molar-refractivity contribution in [1.29, 1.82) is 0 Å². The summed E-state index contributed by atoms with van der Waals surface area (Å²) in [5, 5.41) is 2.74. The summed E-state index contributed by atoms with van der Waals surface area (Å²) < 4.78 is 10.6. The minimum atomic E-state index is -0.788. The number of nitrogens with zero attached hydrogens (tertiary/aromatic N) is 1. The second-order valence-electron chi connectivity index (χ2n) is 4.98. The molecule has 0 radical (unpaired) electrons. The lowest BCUT2D eigenvalue weighted by Gasteiger charge is -2.37. The number of esters is 2. The van der Waals surface area contributed by atoms with Crippen molar-refractivity contribution < 1.29 is 23.9 Å². The number of rotatable bonds is 2. The summed E-state index contributed by atoms with van der Waals surface area (Å²) in [5.74, 6) is -1.39. The molecule has 2 heterocycles. The van der Waals surface area contributed by atoms with Crippen molar-refractivity contribution in [3.05, 3.63) is 45.6 Å². The van der Waals surface area contributed by atoms with Gasteiger partial charge in [0.05, 0.1) is 25.3 Å². The smallest absolute Gasteiger partial charge is 0.355 e. The van der Waals surface area contributed by atoms with Crippen molar-refractivity contribution in [1.82, 2.24) is 10.2 Å². The van der Waals surface area contributed by atoms with Crippen molar-refractivity contribution in [3.63, 3.8) is 0 Å². The number of nitrogens with one attached hydrogen (secondary N) is 1. The van der Waals surface area contributed by atoms with Crippen LogP contribution in [0, 0.1) is 0 Å². The zero-order valence-electron chi connectivity index (χ0n) is 12.2. The predicted octanol–water partition coefficient (Wildman–Crippen LogP) is 1.50. The largest absolute Gasteiger partial charge is 0.466 e. The van der Waals surface area contributed by atoms with Gasteiger partial charge in [-0.1, -0.05) is 28.1 Å². The van der Waals surface area contributed by atoms with Gasteiger partial charge >= 0.3 is 18.0 Å². The van der Waals surface area contributed by atoms with E-state index < -0.39 is 24.0 Å². The highest BCUT2D eigenvalue weighted by Crippen LogP contribution is 2.33. The number of fused-ring (bicyclic) bond motifs is 1. The Morgan fingerprint density at radius 3 is 2.91 bits per heavy atom. The molecule has 2 aliphatic rings. The molecule has 1 unspecified atom stereocenters. The zero-order valence-corrected chi connectivity index (χ0v) is 13.8. The SMILES string of the molecule is COC(=O)C1=C2C(=O)OCCN2C(=O)NC1c1cccc(Br)c1. The van der Waals surface area contributed by atoms with E-state index in [0.717, 1.165) is 4.47 Å². The first-order valence-corrected chi connectivity index (χ1v) is 7.65. The van der Waals surface area contributed by atoms with E-state index in [1.807, 2.05) is 6.07 Å². The molecule has 0 aliphatic carbocycles. The van der Waals surface area contributed by atoms with Crippen LogP contribution in [0.15, 0.2) is 40.0 Å². The van der Waals surface area contributed by atoms with Crippen LogP contribution in [0.1, 0.15) is 11.6 Å². The molecule has 120 valence electrons. The van der Waals surface area contributed by atoms with Gasteiger partial charge in [0.2, 0.25) is 0 Å². The number of cyclic esters (lactones) is 1. The molecule has 1 atom stereocenters. The topological polar surface area (TPSA) is 84.9 Å². The quantitative estimate of drug-likeness (QED) is 0.785. The average molecular weight is 381 g/mol. The van der Waals surface area contributed by atoms with Gasteiger partial charge in [-0.05, 0) is 17.7 Å². The number of carbonyl (C=O) groups is 3. The van der Waals surface area contributed by atoms with Crippen LogP contribution in [0.5, 0.6) is 0 Å². The summed E-state index contributed by atoms with van der Waals surface area (Å²) in [5.41, 5.74) is 0.658. The Labute approximate surface area is 140 Å². The maximum absolute atomic E-state index is 12.3. The number of halogens is 1. The monoisotopic (exact) mass is 380 g/mol. The molecule has 1 N–H and O–H groups in total. The lowest BCUT2D eigenvalue weighted by Crippen LogP contribution is -2.53. The molecule has 1 aromatic carbocycles. The van der Waals surface area contributed by atoms with Crippen LogP contribution in [-0.4, -0.2) is 43.1 Å². The van der Waals surface area contributed by atoms with Gasteiger partial charge in [-0.25, -0.2) is 14.4 Å². The van der Waals surface area contributed by atoms with E-state index in [2.05, 4.69) is 21.2 Å². The summed E-state index contributed by atoms with van der Waals surface area (Å²) in [7, 11) is 1.22. The Hall–Kier alpha value is -2.35. The van der Waals surface area contributed by atoms with Crippen LogP contribution in [0.3, 0.4) is 0 Å². The average Bonchev–Trinajstić information content (AvgIpc) is 2.54. The predicted molar refractivity (Wildman–Crippen MR) is 82.1 cm³/mol. The van der Waals surface area contributed by atoms with Crippen molar-refractivity contribution in [2.75, 3.05) is 20.3 Å². The van der Waals surface area contributed by atoms with Gasteiger partial charge in [-0.3, -0.25) is 4.90 Å². The molecule has 0 aromatic heterocycles. The summed E-state index contributed by atoms with van der Waals surface area (Å²) >= 11 is 3.35. The Bertz CT molecular complexity index is 730. The first kappa shape index (κ1) is 15.5. The standard InChI is InChI=1S/C15H13BrN2O5/c1-22-13(19)10-11(8-3-2-4-9(16)7-8)17-15(21)18-5-6-23-14(20)12(10)18/h2-4,7,11H,5-6H2,1H3,(H,17,21). The van der Waals surface area contributed by atoms with Gasteiger partial charge in [0.1, 0.15) is 12.3 Å². The van der Waals surface area contributed by atoms with Gasteiger partial charge in [0.25, 0.3) is 0 Å². The number of urea groups is 1. The second-order valence-corrected chi connectivity index (χ2v) is 5.89. The maximum atomic E-state index is 12.3. The summed E-state index contributed by atoms with van der Waals surface area (Å²) in [6.07, 6.45) is 0. The van der Waals surface area contributed by atoms with E-state index >= 15 is 0 Å². The molecule has 23 heavy (non-hydrogen) atoms. The van der Waals surface area contributed by atoms with E-state index in [1.54, 1.807) is 18.2 Å². The molecular weight excluding hydrogens is 368 g/mol. The highest BCUT2D eigenvalue weighted by atomic mass is 79.9. The molecule has 1 aromatic rings. The maximum Gasteiger partial charge on any atom is 0.355 e. The lowest BCUT2D eigenvalue weighted by atomic mass is 9.94. The van der Waals surface area contributed by atoms with Crippen LogP contribution in [-0.2, 0) is 19.1 Å². The van der Waals surface area contributed by atoms with Crippen LogP contribution in [0.2, 0.25) is 0 Å². The van der Waals surface area contributed by atoms with Crippen LogP contribution in [0.4, 0.5) is 4.79 Å². The zero-order chi connectivity index (χ0) is 16.6. The Morgan fingerprint density at radius 1 is 1.43 bits per heavy atom. The third kappa shape index (κ3) is 2.70. The fourth-order valence-corrected chi connectivity index (χ4v) is 3.07. The Kier molecular flexibility index (Phi) is 4.08. The van der Waals surface area contributed by atoms with Crippen molar-refractivity contribution >= 4 is 33.9 Å².